The second-order valence-electron chi connectivity index (χ2n) is 3.80. The first-order valence-electron chi connectivity index (χ1n) is 5.35. The lowest BCUT2D eigenvalue weighted by molar-refractivity contribution is 0.410. The summed E-state index contributed by atoms with van der Waals surface area (Å²) in [4.78, 5) is 0. The van der Waals surface area contributed by atoms with E-state index in [2.05, 4.69) is 0 Å². The highest BCUT2D eigenvalue weighted by atomic mass is 35.5. The first-order chi connectivity index (χ1) is 8.61. The summed E-state index contributed by atoms with van der Waals surface area (Å²) in [6.45, 7) is 0. The van der Waals surface area contributed by atoms with Crippen LogP contribution in [0.3, 0.4) is 0 Å². The van der Waals surface area contributed by atoms with Crippen molar-refractivity contribution in [2.75, 3.05) is 7.11 Å². The second kappa shape index (κ2) is 5.83. The average Bonchev–Trinajstić information content (AvgIpc) is 2.38. The molecular formula is C14H11Cl3O. The number of benzene rings is 2. The highest BCUT2D eigenvalue weighted by Gasteiger charge is 2.15. The maximum Gasteiger partial charge on any atom is 0.125 e. The Morgan fingerprint density at radius 2 is 1.56 bits per heavy atom. The van der Waals surface area contributed by atoms with Crippen LogP contribution in [0.1, 0.15) is 16.5 Å². The Bertz CT molecular complexity index is 537. The van der Waals surface area contributed by atoms with Gasteiger partial charge in [0.2, 0.25) is 0 Å². The molecule has 1 nitrogen and oxygen atoms in total. The minimum absolute atomic E-state index is 0.297. The lowest BCUT2D eigenvalue weighted by Gasteiger charge is -2.14. The Labute approximate surface area is 121 Å². The van der Waals surface area contributed by atoms with Crippen LogP contribution in [-0.2, 0) is 0 Å². The number of alkyl halides is 1. The fraction of sp³-hybridized carbons (Fsp3) is 0.143. The first-order valence-corrected chi connectivity index (χ1v) is 6.54. The maximum absolute atomic E-state index is 6.45. The molecule has 0 radical (unpaired) electrons. The van der Waals surface area contributed by atoms with E-state index in [1.165, 1.54) is 0 Å². The molecule has 2 aromatic rings. The number of hydrogen-bond acceptors (Lipinski definition) is 1. The van der Waals surface area contributed by atoms with Gasteiger partial charge in [0.05, 0.1) is 12.5 Å². The van der Waals surface area contributed by atoms with Gasteiger partial charge in [-0.3, -0.25) is 0 Å². The molecule has 0 saturated carbocycles. The van der Waals surface area contributed by atoms with Crippen molar-refractivity contribution in [1.29, 1.82) is 0 Å². The van der Waals surface area contributed by atoms with Crippen LogP contribution in [0.2, 0.25) is 10.0 Å². The van der Waals surface area contributed by atoms with Gasteiger partial charge in [-0.05, 0) is 29.8 Å². The van der Waals surface area contributed by atoms with Gasteiger partial charge in [-0.15, -0.1) is 11.6 Å². The van der Waals surface area contributed by atoms with E-state index < -0.39 is 0 Å². The van der Waals surface area contributed by atoms with E-state index in [-0.39, 0.29) is 5.38 Å². The predicted molar refractivity (Wildman–Crippen MR) is 77.2 cm³/mol. The van der Waals surface area contributed by atoms with Crippen LogP contribution in [0.5, 0.6) is 5.75 Å². The molecule has 0 fully saturated rings. The van der Waals surface area contributed by atoms with E-state index in [4.69, 9.17) is 39.5 Å². The third-order valence-corrected chi connectivity index (χ3v) is 3.61. The molecule has 0 aliphatic carbocycles. The molecule has 0 aliphatic heterocycles. The Kier molecular flexibility index (Phi) is 4.39. The molecule has 4 heteroatoms. The van der Waals surface area contributed by atoms with Gasteiger partial charge in [0, 0.05) is 15.6 Å². The summed E-state index contributed by atoms with van der Waals surface area (Å²) < 4.78 is 5.30. The average molecular weight is 302 g/mol. The molecule has 0 heterocycles. The highest BCUT2D eigenvalue weighted by molar-refractivity contribution is 6.31. The number of hydrogen-bond donors (Lipinski definition) is 0. The van der Waals surface area contributed by atoms with E-state index in [1.807, 2.05) is 30.3 Å². The van der Waals surface area contributed by atoms with Crippen molar-refractivity contribution in [3.05, 3.63) is 63.6 Å². The standard InChI is InChI=1S/C14H11Cl3O/c1-18-13-8-11(16)6-7-12(13)14(17)9-2-4-10(15)5-3-9/h2-8,14H,1H3. The zero-order valence-corrected chi connectivity index (χ0v) is 11.9. The SMILES string of the molecule is COc1cc(Cl)ccc1C(Cl)c1ccc(Cl)cc1. The molecule has 1 atom stereocenters. The highest BCUT2D eigenvalue weighted by Crippen LogP contribution is 2.36. The van der Waals surface area contributed by atoms with Crippen molar-refractivity contribution in [2.24, 2.45) is 0 Å². The monoisotopic (exact) mass is 300 g/mol. The summed E-state index contributed by atoms with van der Waals surface area (Å²) in [7, 11) is 1.60. The Morgan fingerprint density at radius 3 is 2.17 bits per heavy atom. The summed E-state index contributed by atoms with van der Waals surface area (Å²) in [6, 6.07) is 12.8. The van der Waals surface area contributed by atoms with Crippen LogP contribution in [0, 0.1) is 0 Å². The lowest BCUT2D eigenvalue weighted by atomic mass is 10.0. The lowest BCUT2D eigenvalue weighted by Crippen LogP contribution is -1.97. The largest absolute Gasteiger partial charge is 0.496 e. The van der Waals surface area contributed by atoms with Gasteiger partial charge < -0.3 is 4.74 Å². The molecular weight excluding hydrogens is 291 g/mol. The molecule has 0 amide bonds. The molecule has 0 N–H and O–H groups in total. The molecule has 1 unspecified atom stereocenters. The van der Waals surface area contributed by atoms with Crippen molar-refractivity contribution in [2.45, 2.75) is 5.38 Å². The van der Waals surface area contributed by atoms with Crippen LogP contribution >= 0.6 is 34.8 Å². The van der Waals surface area contributed by atoms with Crippen LogP contribution in [-0.4, -0.2) is 7.11 Å². The third-order valence-electron chi connectivity index (χ3n) is 2.63. The fourth-order valence-electron chi connectivity index (χ4n) is 1.71. The van der Waals surface area contributed by atoms with Crippen LogP contribution in [0.25, 0.3) is 0 Å². The van der Waals surface area contributed by atoms with Crippen molar-refractivity contribution < 1.29 is 4.74 Å². The van der Waals surface area contributed by atoms with E-state index in [9.17, 15) is 0 Å². The van der Waals surface area contributed by atoms with Gasteiger partial charge in [0.1, 0.15) is 5.75 Å². The smallest absolute Gasteiger partial charge is 0.125 e. The first kappa shape index (κ1) is 13.5. The van der Waals surface area contributed by atoms with Gasteiger partial charge in [-0.2, -0.15) is 0 Å². The summed E-state index contributed by atoms with van der Waals surface area (Å²) in [5.74, 6) is 0.678. The second-order valence-corrected chi connectivity index (χ2v) is 5.11. The number of halogens is 3. The quantitative estimate of drug-likeness (QED) is 0.696. The molecule has 0 aliphatic rings. The molecule has 0 aromatic heterocycles. The van der Waals surface area contributed by atoms with Gasteiger partial charge in [0.15, 0.2) is 0 Å². The maximum atomic E-state index is 6.45. The normalized spacial score (nSPS) is 12.2. The number of ether oxygens (including phenoxy) is 1. The van der Waals surface area contributed by atoms with E-state index in [0.29, 0.717) is 15.8 Å². The Hall–Kier alpha value is -0.890. The summed E-state index contributed by atoms with van der Waals surface area (Å²) in [5, 5.41) is 1.01. The van der Waals surface area contributed by atoms with E-state index in [1.54, 1.807) is 19.2 Å². The van der Waals surface area contributed by atoms with Crippen molar-refractivity contribution in [1.82, 2.24) is 0 Å². The van der Waals surface area contributed by atoms with E-state index >= 15 is 0 Å². The van der Waals surface area contributed by atoms with Gasteiger partial charge in [-0.1, -0.05) is 41.4 Å². The minimum Gasteiger partial charge on any atom is -0.496 e. The Balaban J connectivity index is 2.39. The minimum atomic E-state index is -0.297. The zero-order chi connectivity index (χ0) is 13.1. The van der Waals surface area contributed by atoms with Crippen LogP contribution < -0.4 is 4.74 Å². The van der Waals surface area contributed by atoms with Gasteiger partial charge in [0.25, 0.3) is 0 Å². The molecule has 0 bridgehead atoms. The van der Waals surface area contributed by atoms with E-state index in [0.717, 1.165) is 11.1 Å². The summed E-state index contributed by atoms with van der Waals surface area (Å²) >= 11 is 18.2. The van der Waals surface area contributed by atoms with Crippen molar-refractivity contribution >= 4 is 34.8 Å². The molecule has 0 spiro atoms. The molecule has 94 valence electrons. The van der Waals surface area contributed by atoms with Crippen molar-refractivity contribution in [3.8, 4) is 5.75 Å². The molecule has 18 heavy (non-hydrogen) atoms. The van der Waals surface area contributed by atoms with Gasteiger partial charge >= 0.3 is 0 Å². The Morgan fingerprint density at radius 1 is 0.944 bits per heavy atom. The van der Waals surface area contributed by atoms with Crippen LogP contribution in [0.4, 0.5) is 0 Å². The summed E-state index contributed by atoms with van der Waals surface area (Å²) in [5.41, 5.74) is 1.84. The van der Waals surface area contributed by atoms with Crippen LogP contribution in [0.15, 0.2) is 42.5 Å². The predicted octanol–water partition coefficient (Wildman–Crippen LogP) is 5.33. The molecule has 2 rings (SSSR count). The zero-order valence-electron chi connectivity index (χ0n) is 9.66. The summed E-state index contributed by atoms with van der Waals surface area (Å²) in [6.07, 6.45) is 0. The fourth-order valence-corrected chi connectivity index (χ4v) is 2.32. The van der Waals surface area contributed by atoms with Gasteiger partial charge in [-0.25, -0.2) is 0 Å². The number of methoxy groups -OCH3 is 1. The van der Waals surface area contributed by atoms with Crippen molar-refractivity contribution in [3.63, 3.8) is 0 Å². The molecule has 0 saturated heterocycles. The third kappa shape index (κ3) is 2.92. The topological polar surface area (TPSA) is 9.23 Å². The number of rotatable bonds is 3. The molecule has 2 aromatic carbocycles.